The first-order valence-corrected chi connectivity index (χ1v) is 8.36. The second kappa shape index (κ2) is 5.43. The van der Waals surface area contributed by atoms with Crippen molar-refractivity contribution in [2.75, 3.05) is 0 Å². The molecule has 0 bridgehead atoms. The number of nitrogens with zero attached hydrogens (tertiary/aromatic N) is 2. The first-order valence-electron chi connectivity index (χ1n) is 6.02. The molecule has 0 atom stereocenters. The summed E-state index contributed by atoms with van der Waals surface area (Å²) >= 11 is 10.2. The van der Waals surface area contributed by atoms with Gasteiger partial charge in [0.1, 0.15) is 5.15 Å². The van der Waals surface area contributed by atoms with E-state index in [0.29, 0.717) is 11.1 Å². The molecule has 0 aliphatic heterocycles. The minimum Gasteiger partial charge on any atom is -0.231 e. The third kappa shape index (κ3) is 2.42. The van der Waals surface area contributed by atoms with Crippen LogP contribution in [0.4, 0.5) is 0 Å². The van der Waals surface area contributed by atoms with Crippen LogP contribution in [0.5, 0.6) is 0 Å². The van der Waals surface area contributed by atoms with Crippen LogP contribution in [-0.2, 0) is 0 Å². The van der Waals surface area contributed by atoms with E-state index in [1.54, 1.807) is 11.3 Å². The van der Waals surface area contributed by atoms with Crippen molar-refractivity contribution in [1.82, 2.24) is 9.97 Å². The highest BCUT2D eigenvalue weighted by Gasteiger charge is 2.23. The third-order valence-corrected chi connectivity index (χ3v) is 5.84. The molecular weight excluding hydrogens is 379 g/mol. The normalized spacial score (nSPS) is 16.3. The first kappa shape index (κ1) is 12.8. The summed E-state index contributed by atoms with van der Waals surface area (Å²) < 4.78 is 1.03. The van der Waals surface area contributed by atoms with Crippen LogP contribution >= 0.6 is 45.5 Å². The lowest BCUT2D eigenvalue weighted by Crippen LogP contribution is -2.04. The van der Waals surface area contributed by atoms with Gasteiger partial charge in [0, 0.05) is 5.92 Å². The van der Waals surface area contributed by atoms with E-state index in [9.17, 15) is 0 Å². The summed E-state index contributed by atoms with van der Waals surface area (Å²) in [5.74, 6) is 1.34. The fourth-order valence-electron chi connectivity index (χ4n) is 2.42. The Hall–Kier alpha value is -0.200. The Morgan fingerprint density at radius 3 is 2.72 bits per heavy atom. The number of thiophene rings is 1. The molecule has 2 nitrogen and oxygen atoms in total. The minimum atomic E-state index is 0.566. The highest BCUT2D eigenvalue weighted by Crippen LogP contribution is 2.38. The highest BCUT2D eigenvalue weighted by atomic mass is 127. The number of halogens is 2. The fraction of sp³-hybridized carbons (Fsp3) is 0.385. The fourth-order valence-corrected chi connectivity index (χ4v) is 3.94. The Kier molecular flexibility index (Phi) is 3.86. The van der Waals surface area contributed by atoms with Gasteiger partial charge in [-0.05, 0) is 46.9 Å². The molecule has 5 heteroatoms. The molecular formula is C13H12ClIN2S. The van der Waals surface area contributed by atoms with E-state index in [-0.39, 0.29) is 0 Å². The average Bonchev–Trinajstić information content (AvgIpc) is 3.03. The van der Waals surface area contributed by atoms with Crippen LogP contribution in [-0.4, -0.2) is 9.97 Å². The maximum Gasteiger partial charge on any atom is 0.171 e. The van der Waals surface area contributed by atoms with Gasteiger partial charge >= 0.3 is 0 Å². The maximum atomic E-state index is 6.26. The predicted molar refractivity (Wildman–Crippen MR) is 84.3 cm³/mol. The molecule has 2 aromatic heterocycles. The van der Waals surface area contributed by atoms with Crippen molar-refractivity contribution in [3.8, 4) is 10.7 Å². The zero-order valence-electron chi connectivity index (χ0n) is 9.70. The van der Waals surface area contributed by atoms with Crippen molar-refractivity contribution in [3.05, 3.63) is 31.9 Å². The van der Waals surface area contributed by atoms with E-state index in [1.165, 1.54) is 25.7 Å². The monoisotopic (exact) mass is 390 g/mol. The predicted octanol–water partition coefficient (Wildman–Crippen LogP) is 5.12. The molecule has 0 N–H and O–H groups in total. The van der Waals surface area contributed by atoms with Crippen LogP contribution in [0.25, 0.3) is 10.7 Å². The van der Waals surface area contributed by atoms with E-state index in [4.69, 9.17) is 16.6 Å². The molecule has 2 heterocycles. The Morgan fingerprint density at radius 2 is 2.06 bits per heavy atom. The summed E-state index contributed by atoms with van der Waals surface area (Å²) in [5, 5.41) is 2.63. The van der Waals surface area contributed by atoms with Gasteiger partial charge < -0.3 is 0 Å². The molecule has 0 saturated heterocycles. The maximum absolute atomic E-state index is 6.26. The number of rotatable bonds is 2. The van der Waals surface area contributed by atoms with Crippen molar-refractivity contribution in [3.63, 3.8) is 0 Å². The quantitative estimate of drug-likeness (QED) is 0.525. The standard InChI is InChI=1S/C13H12ClIN2S/c14-12-10(15)11(8-4-1-2-5-8)16-13(17-12)9-6-3-7-18-9/h3,6-8H,1-2,4-5H2. The molecule has 3 rings (SSSR count). The molecule has 2 aromatic rings. The molecule has 0 amide bonds. The molecule has 1 aliphatic carbocycles. The van der Waals surface area contributed by atoms with Crippen LogP contribution in [0, 0.1) is 3.57 Å². The molecule has 18 heavy (non-hydrogen) atoms. The van der Waals surface area contributed by atoms with Crippen molar-refractivity contribution in [1.29, 1.82) is 0 Å². The molecule has 0 spiro atoms. The van der Waals surface area contributed by atoms with Gasteiger partial charge in [0.25, 0.3) is 0 Å². The van der Waals surface area contributed by atoms with Gasteiger partial charge in [0.2, 0.25) is 0 Å². The molecule has 1 aliphatic rings. The van der Waals surface area contributed by atoms with E-state index < -0.39 is 0 Å². The summed E-state index contributed by atoms with van der Waals surface area (Å²) in [5.41, 5.74) is 1.15. The lowest BCUT2D eigenvalue weighted by Gasteiger charge is -2.12. The van der Waals surface area contributed by atoms with Crippen molar-refractivity contribution in [2.45, 2.75) is 31.6 Å². The van der Waals surface area contributed by atoms with Crippen molar-refractivity contribution >= 4 is 45.5 Å². The van der Waals surface area contributed by atoms with E-state index in [0.717, 1.165) is 20.0 Å². The summed E-state index contributed by atoms with van der Waals surface area (Å²) in [7, 11) is 0. The number of hydrogen-bond donors (Lipinski definition) is 0. The van der Waals surface area contributed by atoms with Crippen LogP contribution in [0.1, 0.15) is 37.3 Å². The van der Waals surface area contributed by atoms with Gasteiger partial charge in [-0.1, -0.05) is 30.5 Å². The molecule has 0 unspecified atom stereocenters. The molecule has 94 valence electrons. The van der Waals surface area contributed by atoms with Crippen molar-refractivity contribution < 1.29 is 0 Å². The van der Waals surface area contributed by atoms with E-state index >= 15 is 0 Å². The second-order valence-electron chi connectivity index (χ2n) is 4.50. The summed E-state index contributed by atoms with van der Waals surface area (Å²) in [6, 6.07) is 4.06. The number of aromatic nitrogens is 2. The van der Waals surface area contributed by atoms with Crippen LogP contribution in [0.3, 0.4) is 0 Å². The van der Waals surface area contributed by atoms with Crippen LogP contribution < -0.4 is 0 Å². The first-order chi connectivity index (χ1) is 8.75. The van der Waals surface area contributed by atoms with Gasteiger partial charge in [-0.3, -0.25) is 0 Å². The lowest BCUT2D eigenvalue weighted by atomic mass is 10.0. The van der Waals surface area contributed by atoms with Crippen LogP contribution in [0.2, 0.25) is 5.15 Å². The second-order valence-corrected chi connectivity index (χ2v) is 6.88. The average molecular weight is 391 g/mol. The Labute approximate surface area is 129 Å². The molecule has 0 radical (unpaired) electrons. The summed E-state index contributed by atoms with van der Waals surface area (Å²) in [6.45, 7) is 0. The SMILES string of the molecule is Clc1nc(-c2cccs2)nc(C2CCCC2)c1I. The van der Waals surface area contributed by atoms with Crippen LogP contribution in [0.15, 0.2) is 17.5 Å². The van der Waals surface area contributed by atoms with Gasteiger partial charge in [-0.25, -0.2) is 9.97 Å². The lowest BCUT2D eigenvalue weighted by molar-refractivity contribution is 0.690. The van der Waals surface area contributed by atoms with Gasteiger partial charge in [0.15, 0.2) is 5.82 Å². The zero-order chi connectivity index (χ0) is 12.5. The third-order valence-electron chi connectivity index (χ3n) is 3.32. The van der Waals surface area contributed by atoms with Gasteiger partial charge in [-0.2, -0.15) is 0 Å². The van der Waals surface area contributed by atoms with E-state index in [1.807, 2.05) is 17.5 Å². The Bertz CT molecular complexity index is 550. The Balaban J connectivity index is 2.07. The number of hydrogen-bond acceptors (Lipinski definition) is 3. The minimum absolute atomic E-state index is 0.566. The van der Waals surface area contributed by atoms with Gasteiger partial charge in [-0.15, -0.1) is 11.3 Å². The largest absolute Gasteiger partial charge is 0.231 e. The summed E-state index contributed by atoms with van der Waals surface area (Å²) in [4.78, 5) is 10.3. The smallest absolute Gasteiger partial charge is 0.171 e. The van der Waals surface area contributed by atoms with Crippen molar-refractivity contribution in [2.24, 2.45) is 0 Å². The topological polar surface area (TPSA) is 25.8 Å². The zero-order valence-corrected chi connectivity index (χ0v) is 13.4. The summed E-state index contributed by atoms with van der Waals surface area (Å²) in [6.07, 6.45) is 5.06. The Morgan fingerprint density at radius 1 is 1.28 bits per heavy atom. The van der Waals surface area contributed by atoms with Gasteiger partial charge in [0.05, 0.1) is 14.1 Å². The molecule has 1 fully saturated rings. The molecule has 0 aromatic carbocycles. The van der Waals surface area contributed by atoms with E-state index in [2.05, 4.69) is 27.6 Å². The molecule has 1 saturated carbocycles. The highest BCUT2D eigenvalue weighted by molar-refractivity contribution is 14.1.